The number of nitrogens with two attached hydrogens (primary N) is 3. The molecule has 0 rings (SSSR count). The summed E-state index contributed by atoms with van der Waals surface area (Å²) in [6.45, 7) is 0.420. The van der Waals surface area contributed by atoms with Gasteiger partial charge >= 0.3 is 5.97 Å². The second-order valence-corrected chi connectivity index (χ2v) is 5.42. The summed E-state index contributed by atoms with van der Waals surface area (Å²) in [6.07, 6.45) is 0.956. The molecule has 114 valence electrons. The summed E-state index contributed by atoms with van der Waals surface area (Å²) in [6, 6.07) is -0.820. The van der Waals surface area contributed by atoms with Crippen molar-refractivity contribution in [2.75, 3.05) is 18.1 Å². The second-order valence-electron chi connectivity index (χ2n) is 3.40. The smallest absolute Gasteiger partial charge is 0.320 e. The van der Waals surface area contributed by atoms with Gasteiger partial charge < -0.3 is 22.3 Å². The van der Waals surface area contributed by atoms with Crippen LogP contribution in [0.15, 0.2) is 4.99 Å². The van der Waals surface area contributed by atoms with Gasteiger partial charge in [-0.05, 0) is 12.8 Å². The average Bonchev–Trinajstić information content (AvgIpc) is 2.22. The molecule has 0 aliphatic rings. The number of aliphatic carboxylic acids is 1. The monoisotopic (exact) mass is 316 g/mol. The van der Waals surface area contributed by atoms with Crippen LogP contribution in [0.25, 0.3) is 0 Å². The highest BCUT2D eigenvalue weighted by atomic mass is 32.2. The number of hydrogen-bond donors (Lipinski definition) is 6. The zero-order chi connectivity index (χ0) is 15.5. The molecule has 0 aromatic carbocycles. The lowest BCUT2D eigenvalue weighted by atomic mass is 10.2. The molecule has 19 heavy (non-hydrogen) atoms. The third kappa shape index (κ3) is 19.5. The number of hydrogen-bond acceptors (Lipinski definition) is 6. The summed E-state index contributed by atoms with van der Waals surface area (Å²) in [5.41, 5.74) is 15.3. The number of guanidine groups is 1. The Kier molecular flexibility index (Phi) is 11.6. The number of carboxylic acids is 1. The molecule has 0 saturated carbocycles. The Morgan fingerprint density at radius 2 is 1.89 bits per heavy atom. The summed E-state index contributed by atoms with van der Waals surface area (Å²) < 4.78 is 27.4. The van der Waals surface area contributed by atoms with Crippen molar-refractivity contribution in [2.24, 2.45) is 22.2 Å². The van der Waals surface area contributed by atoms with E-state index in [1.54, 1.807) is 0 Å². The molecule has 0 aromatic rings. The van der Waals surface area contributed by atoms with E-state index in [0.717, 1.165) is 0 Å². The van der Waals surface area contributed by atoms with Gasteiger partial charge in [0.05, 0.1) is 5.75 Å². The normalized spacial score (nSPS) is 11.9. The SMILES string of the molecule is NC(N)=NCCC[C@H](N)C(=O)O.O=S(=O)(O)CCS. The Balaban J connectivity index is 0. The van der Waals surface area contributed by atoms with Crippen LogP contribution in [0.1, 0.15) is 12.8 Å². The van der Waals surface area contributed by atoms with Gasteiger partial charge in [-0.2, -0.15) is 21.0 Å². The van der Waals surface area contributed by atoms with Gasteiger partial charge in [0.2, 0.25) is 0 Å². The van der Waals surface area contributed by atoms with Crippen LogP contribution >= 0.6 is 12.6 Å². The van der Waals surface area contributed by atoms with Crippen LogP contribution in [0.2, 0.25) is 0 Å². The molecule has 0 unspecified atom stereocenters. The van der Waals surface area contributed by atoms with Crippen molar-refractivity contribution < 1.29 is 22.9 Å². The van der Waals surface area contributed by atoms with E-state index in [4.69, 9.17) is 26.9 Å². The fourth-order valence-electron chi connectivity index (χ4n) is 0.758. The summed E-state index contributed by atoms with van der Waals surface area (Å²) in [5.74, 6) is -1.09. The van der Waals surface area contributed by atoms with Gasteiger partial charge in [-0.25, -0.2) is 0 Å². The molecule has 0 aliphatic carbocycles. The number of rotatable bonds is 7. The maximum atomic E-state index is 10.2. The quantitative estimate of drug-likeness (QED) is 0.105. The first kappa shape index (κ1) is 20.3. The fraction of sp³-hybridized carbons (Fsp3) is 0.750. The molecule has 0 radical (unpaired) electrons. The predicted molar refractivity (Wildman–Crippen MR) is 75.8 cm³/mol. The number of carboxylic acid groups (broad SMARTS) is 1. The molecule has 1 atom stereocenters. The van der Waals surface area contributed by atoms with Gasteiger partial charge in [-0.15, -0.1) is 0 Å². The minimum Gasteiger partial charge on any atom is -0.480 e. The molecule has 0 fully saturated rings. The van der Waals surface area contributed by atoms with E-state index in [9.17, 15) is 13.2 Å². The Morgan fingerprint density at radius 3 is 2.16 bits per heavy atom. The molecule has 0 aliphatic heterocycles. The Morgan fingerprint density at radius 1 is 1.37 bits per heavy atom. The van der Waals surface area contributed by atoms with E-state index in [0.29, 0.717) is 19.4 Å². The standard InChI is InChI=1S/C6H14N4O2.C2H6O3S2/c7-4(5(11)12)2-1-3-10-6(8)9;3-7(4,5)2-1-6/h4H,1-3,7H2,(H,11,12)(H4,8,9,10);6H,1-2H2,(H,3,4,5)/t4-;/m0./s1. The molecule has 11 heteroatoms. The van der Waals surface area contributed by atoms with E-state index in [1.165, 1.54) is 0 Å². The van der Waals surface area contributed by atoms with Crippen molar-refractivity contribution in [3.8, 4) is 0 Å². The van der Waals surface area contributed by atoms with Gasteiger partial charge in [0, 0.05) is 12.3 Å². The summed E-state index contributed by atoms with van der Waals surface area (Å²) >= 11 is 3.57. The van der Waals surface area contributed by atoms with Crippen LogP contribution in [-0.4, -0.2) is 54.1 Å². The second kappa shape index (κ2) is 10.8. The Bertz CT molecular complexity index is 381. The highest BCUT2D eigenvalue weighted by Gasteiger charge is 2.09. The third-order valence-electron chi connectivity index (χ3n) is 1.63. The minimum absolute atomic E-state index is 0.0129. The molecule has 0 amide bonds. The maximum Gasteiger partial charge on any atom is 0.320 e. The first-order valence-electron chi connectivity index (χ1n) is 5.20. The van der Waals surface area contributed by atoms with Crippen LogP contribution < -0.4 is 17.2 Å². The van der Waals surface area contributed by atoms with Crippen molar-refractivity contribution in [3.63, 3.8) is 0 Å². The first-order valence-corrected chi connectivity index (χ1v) is 7.44. The van der Waals surface area contributed by atoms with E-state index in [2.05, 4.69) is 17.6 Å². The zero-order valence-corrected chi connectivity index (χ0v) is 12.0. The summed E-state index contributed by atoms with van der Waals surface area (Å²) in [5, 5.41) is 8.38. The van der Waals surface area contributed by atoms with E-state index in [-0.39, 0.29) is 17.5 Å². The van der Waals surface area contributed by atoms with E-state index >= 15 is 0 Å². The largest absolute Gasteiger partial charge is 0.480 e. The Labute approximate surface area is 117 Å². The molecular weight excluding hydrogens is 296 g/mol. The van der Waals surface area contributed by atoms with Crippen molar-refractivity contribution >= 4 is 34.7 Å². The lowest BCUT2D eigenvalue weighted by molar-refractivity contribution is -0.138. The van der Waals surface area contributed by atoms with Gasteiger partial charge in [0.1, 0.15) is 6.04 Å². The molecule has 0 aromatic heterocycles. The molecule has 9 nitrogen and oxygen atoms in total. The zero-order valence-electron chi connectivity index (χ0n) is 10.3. The van der Waals surface area contributed by atoms with Crippen LogP contribution in [0, 0.1) is 0 Å². The van der Waals surface area contributed by atoms with Gasteiger partial charge in [0.15, 0.2) is 5.96 Å². The predicted octanol–water partition coefficient (Wildman–Crippen LogP) is -1.74. The van der Waals surface area contributed by atoms with Crippen LogP contribution in [-0.2, 0) is 14.9 Å². The number of carbonyl (C=O) groups is 1. The number of nitrogens with zero attached hydrogens (tertiary/aromatic N) is 1. The maximum absolute atomic E-state index is 10.2. The van der Waals surface area contributed by atoms with E-state index in [1.807, 2.05) is 0 Å². The lowest BCUT2D eigenvalue weighted by Gasteiger charge is -2.03. The fourth-order valence-corrected chi connectivity index (χ4v) is 1.68. The topological polar surface area (TPSA) is 182 Å². The molecule has 0 heterocycles. The minimum atomic E-state index is -3.75. The van der Waals surface area contributed by atoms with Crippen LogP contribution in [0.5, 0.6) is 0 Å². The Hall–Kier alpha value is -1.04. The van der Waals surface area contributed by atoms with Crippen molar-refractivity contribution in [3.05, 3.63) is 0 Å². The molecule has 0 bridgehead atoms. The molecule has 0 spiro atoms. The van der Waals surface area contributed by atoms with Crippen molar-refractivity contribution in [1.29, 1.82) is 0 Å². The first-order chi connectivity index (χ1) is 8.60. The van der Waals surface area contributed by atoms with Crippen LogP contribution in [0.3, 0.4) is 0 Å². The van der Waals surface area contributed by atoms with E-state index < -0.39 is 22.1 Å². The third-order valence-corrected chi connectivity index (χ3v) is 2.88. The van der Waals surface area contributed by atoms with Gasteiger partial charge in [0.25, 0.3) is 10.1 Å². The highest BCUT2D eigenvalue weighted by molar-refractivity contribution is 7.87. The summed E-state index contributed by atoms with van der Waals surface area (Å²) in [4.78, 5) is 13.9. The lowest BCUT2D eigenvalue weighted by Crippen LogP contribution is -2.30. The van der Waals surface area contributed by atoms with Crippen LogP contribution in [0.4, 0.5) is 0 Å². The summed E-state index contributed by atoms with van der Waals surface area (Å²) in [7, 11) is -3.75. The molecule has 8 N–H and O–H groups in total. The molecule has 0 saturated heterocycles. The van der Waals surface area contributed by atoms with Gasteiger partial charge in [-0.3, -0.25) is 14.3 Å². The van der Waals surface area contributed by atoms with Gasteiger partial charge in [-0.1, -0.05) is 0 Å². The van der Waals surface area contributed by atoms with Crippen molar-refractivity contribution in [1.82, 2.24) is 0 Å². The average molecular weight is 316 g/mol. The number of thiol groups is 1. The number of aliphatic imine (C=N–C) groups is 1. The molecular formula is C8H20N4O5S2. The highest BCUT2D eigenvalue weighted by Crippen LogP contribution is 1.94. The van der Waals surface area contributed by atoms with Crippen molar-refractivity contribution in [2.45, 2.75) is 18.9 Å².